The Balaban J connectivity index is 1.84. The summed E-state index contributed by atoms with van der Waals surface area (Å²) >= 11 is 8.83. The summed E-state index contributed by atoms with van der Waals surface area (Å²) in [4.78, 5) is 0. The van der Waals surface area contributed by atoms with Crippen LogP contribution in [0.1, 0.15) is 70.4 Å². The van der Waals surface area contributed by atoms with E-state index in [1.165, 1.54) is 49.7 Å². The molecule has 1 fully saturated rings. The summed E-state index contributed by atoms with van der Waals surface area (Å²) in [6.45, 7) is 7.64. The van der Waals surface area contributed by atoms with Gasteiger partial charge >= 0.3 is 0 Å². The second-order valence-corrected chi connectivity index (χ2v) is 10.9. The van der Waals surface area contributed by atoms with E-state index < -0.39 is 0 Å². The Labute approximate surface area is 199 Å². The standard InChI is InChI=1S/C27H38O2S2/c1-4-5-22-14-16-27(17-15-22,23-6-10-25(11-7-23)28-18-20(2)30)24-8-12-26(13-9-24)29-19-21(3)31/h6-13,20-22,30-31H,4-5,14-19H2,1-3H3. The first-order valence-electron chi connectivity index (χ1n) is 11.8. The van der Waals surface area contributed by atoms with Gasteiger partial charge in [0.15, 0.2) is 0 Å². The summed E-state index contributed by atoms with van der Waals surface area (Å²) < 4.78 is 11.7. The zero-order chi connectivity index (χ0) is 22.3. The monoisotopic (exact) mass is 458 g/mol. The molecule has 2 aromatic rings. The van der Waals surface area contributed by atoms with E-state index in [0.717, 1.165) is 17.4 Å². The van der Waals surface area contributed by atoms with Crippen molar-refractivity contribution in [2.45, 2.75) is 75.2 Å². The summed E-state index contributed by atoms with van der Waals surface area (Å²) in [7, 11) is 0. The summed E-state index contributed by atoms with van der Waals surface area (Å²) in [5.41, 5.74) is 2.85. The summed E-state index contributed by atoms with van der Waals surface area (Å²) in [6, 6.07) is 17.6. The van der Waals surface area contributed by atoms with Crippen molar-refractivity contribution in [3.8, 4) is 11.5 Å². The van der Waals surface area contributed by atoms with Crippen LogP contribution in [0.25, 0.3) is 0 Å². The van der Waals surface area contributed by atoms with Crippen molar-refractivity contribution in [2.75, 3.05) is 13.2 Å². The van der Waals surface area contributed by atoms with E-state index in [9.17, 15) is 0 Å². The molecule has 170 valence electrons. The van der Waals surface area contributed by atoms with E-state index in [1.54, 1.807) is 0 Å². The summed E-state index contributed by atoms with van der Waals surface area (Å²) in [5.74, 6) is 2.70. The molecule has 2 unspecified atom stereocenters. The zero-order valence-electron chi connectivity index (χ0n) is 19.2. The molecule has 0 amide bonds. The maximum absolute atomic E-state index is 5.86. The number of rotatable bonds is 10. The third-order valence-corrected chi connectivity index (χ3v) is 6.75. The molecule has 31 heavy (non-hydrogen) atoms. The van der Waals surface area contributed by atoms with Crippen molar-refractivity contribution >= 4 is 25.3 Å². The van der Waals surface area contributed by atoms with E-state index >= 15 is 0 Å². The minimum atomic E-state index is 0.0645. The van der Waals surface area contributed by atoms with Gasteiger partial charge in [0.05, 0.1) is 13.2 Å². The van der Waals surface area contributed by atoms with Crippen molar-refractivity contribution in [3.63, 3.8) is 0 Å². The van der Waals surface area contributed by atoms with Crippen LogP contribution >= 0.6 is 25.3 Å². The Morgan fingerprint density at radius 2 is 1.23 bits per heavy atom. The van der Waals surface area contributed by atoms with Crippen LogP contribution in [0.15, 0.2) is 48.5 Å². The fourth-order valence-electron chi connectivity index (χ4n) is 4.79. The highest BCUT2D eigenvalue weighted by atomic mass is 32.1. The molecule has 2 atom stereocenters. The molecule has 0 spiro atoms. The molecule has 0 bridgehead atoms. The normalized spacial score (nSPS) is 23.2. The Bertz CT molecular complexity index is 718. The molecule has 4 heteroatoms. The molecule has 1 saturated carbocycles. The van der Waals surface area contributed by atoms with E-state index in [1.807, 2.05) is 13.8 Å². The van der Waals surface area contributed by atoms with Gasteiger partial charge in [-0.1, -0.05) is 57.9 Å². The van der Waals surface area contributed by atoms with Crippen LogP contribution in [0, 0.1) is 5.92 Å². The minimum absolute atomic E-state index is 0.0645. The van der Waals surface area contributed by atoms with Gasteiger partial charge in [-0.05, 0) is 67.0 Å². The lowest BCUT2D eigenvalue weighted by atomic mass is 9.62. The highest BCUT2D eigenvalue weighted by molar-refractivity contribution is 7.81. The molecular formula is C27H38O2S2. The van der Waals surface area contributed by atoms with E-state index in [0.29, 0.717) is 13.2 Å². The van der Waals surface area contributed by atoms with Crippen LogP contribution in [0.4, 0.5) is 0 Å². The molecule has 2 nitrogen and oxygen atoms in total. The van der Waals surface area contributed by atoms with Crippen molar-refractivity contribution in [3.05, 3.63) is 59.7 Å². The van der Waals surface area contributed by atoms with Crippen LogP contribution in [0.3, 0.4) is 0 Å². The predicted molar refractivity (Wildman–Crippen MR) is 138 cm³/mol. The van der Waals surface area contributed by atoms with Gasteiger partial charge in [0.25, 0.3) is 0 Å². The fraction of sp³-hybridized carbons (Fsp3) is 0.556. The third kappa shape index (κ3) is 6.61. The number of hydrogen-bond acceptors (Lipinski definition) is 4. The quantitative estimate of drug-likeness (QED) is 0.362. The molecule has 1 aliphatic rings. The third-order valence-electron chi connectivity index (χ3n) is 6.45. The average Bonchev–Trinajstić information content (AvgIpc) is 2.78. The van der Waals surface area contributed by atoms with Gasteiger partial charge in [0, 0.05) is 15.9 Å². The van der Waals surface area contributed by atoms with Crippen LogP contribution in [-0.4, -0.2) is 23.7 Å². The van der Waals surface area contributed by atoms with Gasteiger partial charge < -0.3 is 9.47 Å². The first-order valence-corrected chi connectivity index (χ1v) is 12.8. The van der Waals surface area contributed by atoms with Crippen LogP contribution in [-0.2, 0) is 5.41 Å². The van der Waals surface area contributed by atoms with Gasteiger partial charge in [0.2, 0.25) is 0 Å². The number of ether oxygens (including phenoxy) is 2. The Kier molecular flexibility index (Phi) is 9.09. The van der Waals surface area contributed by atoms with Crippen LogP contribution < -0.4 is 9.47 Å². The van der Waals surface area contributed by atoms with Crippen LogP contribution in [0.5, 0.6) is 11.5 Å². The van der Waals surface area contributed by atoms with Gasteiger partial charge in [0.1, 0.15) is 11.5 Å². The number of thiol groups is 2. The molecule has 3 rings (SSSR count). The first kappa shape index (κ1) is 24.4. The second-order valence-electron chi connectivity index (χ2n) is 9.18. The van der Waals surface area contributed by atoms with Crippen molar-refractivity contribution in [1.29, 1.82) is 0 Å². The lowest BCUT2D eigenvalue weighted by Crippen LogP contribution is -2.33. The van der Waals surface area contributed by atoms with Gasteiger partial charge in [-0.2, -0.15) is 25.3 Å². The molecule has 2 aromatic carbocycles. The number of hydrogen-bond donors (Lipinski definition) is 2. The van der Waals surface area contributed by atoms with E-state index in [4.69, 9.17) is 9.47 Å². The maximum atomic E-state index is 5.86. The summed E-state index contributed by atoms with van der Waals surface area (Å²) in [6.07, 6.45) is 7.60. The second kappa shape index (κ2) is 11.6. The first-order chi connectivity index (χ1) is 14.9. The maximum Gasteiger partial charge on any atom is 0.119 e. The molecule has 0 N–H and O–H groups in total. The zero-order valence-corrected chi connectivity index (χ0v) is 21.0. The Hall–Kier alpha value is -1.26. The largest absolute Gasteiger partial charge is 0.492 e. The SMILES string of the molecule is CCCC1CCC(c2ccc(OCC(C)S)cc2)(c2ccc(OCC(C)S)cc2)CC1. The van der Waals surface area contributed by atoms with Crippen LogP contribution in [0.2, 0.25) is 0 Å². The van der Waals surface area contributed by atoms with Crippen molar-refractivity contribution < 1.29 is 9.47 Å². The minimum Gasteiger partial charge on any atom is -0.492 e. The average molecular weight is 459 g/mol. The fourth-order valence-corrected chi connectivity index (χ4v) is 4.93. The molecule has 0 aliphatic heterocycles. The van der Waals surface area contributed by atoms with Gasteiger partial charge in [-0.15, -0.1) is 0 Å². The lowest BCUT2D eigenvalue weighted by Gasteiger charge is -2.41. The number of benzene rings is 2. The van der Waals surface area contributed by atoms with E-state index in [-0.39, 0.29) is 15.9 Å². The lowest BCUT2D eigenvalue weighted by molar-refractivity contribution is 0.253. The van der Waals surface area contributed by atoms with Gasteiger partial charge in [-0.3, -0.25) is 0 Å². The highest BCUT2D eigenvalue weighted by Gasteiger charge is 2.38. The molecule has 0 saturated heterocycles. The van der Waals surface area contributed by atoms with Crippen molar-refractivity contribution in [2.24, 2.45) is 5.92 Å². The predicted octanol–water partition coefficient (Wildman–Crippen LogP) is 7.36. The van der Waals surface area contributed by atoms with E-state index in [2.05, 4.69) is 80.7 Å². The summed E-state index contributed by atoms with van der Waals surface area (Å²) in [5, 5.41) is 0.456. The van der Waals surface area contributed by atoms with Gasteiger partial charge in [-0.25, -0.2) is 0 Å². The topological polar surface area (TPSA) is 18.5 Å². The molecule has 0 radical (unpaired) electrons. The highest BCUT2D eigenvalue weighted by Crippen LogP contribution is 2.48. The molecule has 0 heterocycles. The Morgan fingerprint density at radius 3 is 1.58 bits per heavy atom. The molecule has 1 aliphatic carbocycles. The Morgan fingerprint density at radius 1 is 0.806 bits per heavy atom. The smallest absolute Gasteiger partial charge is 0.119 e. The molecule has 0 aromatic heterocycles. The van der Waals surface area contributed by atoms with Crippen molar-refractivity contribution in [1.82, 2.24) is 0 Å². The molecular weight excluding hydrogens is 420 g/mol.